The Morgan fingerprint density at radius 2 is 1.79 bits per heavy atom. The number of nitrogens with one attached hydrogen (secondary N) is 1. The monoisotopic (exact) mass is 328 g/mol. The normalized spacial score (nSPS) is 21.6. The van der Waals surface area contributed by atoms with E-state index in [0.717, 1.165) is 25.2 Å². The Morgan fingerprint density at radius 1 is 1.12 bits per heavy atom. The summed E-state index contributed by atoms with van der Waals surface area (Å²) in [4.78, 5) is 14.3. The average Bonchev–Trinajstić information content (AvgIpc) is 3.07. The average molecular weight is 328 g/mol. The summed E-state index contributed by atoms with van der Waals surface area (Å²) in [6, 6.07) is 10.0. The molecule has 1 fully saturated rings. The second-order valence-corrected chi connectivity index (χ2v) is 6.46. The first-order valence-corrected chi connectivity index (χ1v) is 8.36. The van der Waals surface area contributed by atoms with E-state index in [1.165, 1.54) is 18.1 Å². The van der Waals surface area contributed by atoms with E-state index in [9.17, 15) is 4.79 Å². The van der Waals surface area contributed by atoms with Crippen molar-refractivity contribution in [3.63, 3.8) is 0 Å². The number of hydrogen-bond acceptors (Lipinski definition) is 4. The van der Waals surface area contributed by atoms with Crippen LogP contribution in [-0.2, 0) is 17.8 Å². The zero-order valence-electron chi connectivity index (χ0n) is 14.2. The van der Waals surface area contributed by atoms with Crippen molar-refractivity contribution < 1.29 is 13.9 Å². The number of morpholine rings is 1. The summed E-state index contributed by atoms with van der Waals surface area (Å²) >= 11 is 0. The molecule has 0 radical (unpaired) electrons. The predicted octanol–water partition coefficient (Wildman–Crippen LogP) is 2.82. The third-order valence-corrected chi connectivity index (χ3v) is 4.16. The summed E-state index contributed by atoms with van der Waals surface area (Å²) in [6.45, 7) is 7.61. The molecular formula is C19H24N2O3. The Labute approximate surface area is 142 Å². The lowest BCUT2D eigenvalue weighted by Gasteiger charge is -2.35. The van der Waals surface area contributed by atoms with E-state index < -0.39 is 0 Å². The highest BCUT2D eigenvalue weighted by molar-refractivity contribution is 5.93. The Hall–Kier alpha value is -2.11. The van der Waals surface area contributed by atoms with Crippen LogP contribution in [0.15, 0.2) is 47.3 Å². The molecule has 1 saturated heterocycles. The third-order valence-electron chi connectivity index (χ3n) is 4.16. The second kappa shape index (κ2) is 7.64. The van der Waals surface area contributed by atoms with Gasteiger partial charge in [-0.25, -0.2) is 0 Å². The molecule has 3 rings (SSSR count). The van der Waals surface area contributed by atoms with Crippen LogP contribution in [0.2, 0.25) is 0 Å². The van der Waals surface area contributed by atoms with Gasteiger partial charge in [0.1, 0.15) is 6.26 Å². The Balaban J connectivity index is 1.51. The summed E-state index contributed by atoms with van der Waals surface area (Å²) in [6.07, 6.45) is 3.51. The number of benzene rings is 1. The molecule has 1 aromatic heterocycles. The molecule has 0 bridgehead atoms. The van der Waals surface area contributed by atoms with Crippen molar-refractivity contribution in [3.8, 4) is 0 Å². The zero-order chi connectivity index (χ0) is 16.9. The fourth-order valence-corrected chi connectivity index (χ4v) is 3.11. The van der Waals surface area contributed by atoms with Crippen LogP contribution < -0.4 is 5.32 Å². The van der Waals surface area contributed by atoms with Crippen molar-refractivity contribution >= 4 is 5.91 Å². The van der Waals surface area contributed by atoms with Crippen molar-refractivity contribution in [1.82, 2.24) is 10.2 Å². The number of hydrogen-bond donors (Lipinski definition) is 1. The van der Waals surface area contributed by atoms with Crippen LogP contribution in [0.25, 0.3) is 0 Å². The van der Waals surface area contributed by atoms with Crippen molar-refractivity contribution in [1.29, 1.82) is 0 Å². The second-order valence-electron chi connectivity index (χ2n) is 6.46. The van der Waals surface area contributed by atoms with E-state index in [0.29, 0.717) is 12.1 Å². The molecule has 2 heterocycles. The van der Waals surface area contributed by atoms with Crippen molar-refractivity contribution in [2.45, 2.75) is 39.1 Å². The lowest BCUT2D eigenvalue weighted by molar-refractivity contribution is -0.0704. The molecule has 1 aromatic carbocycles. The maximum atomic E-state index is 11.9. The molecular weight excluding hydrogens is 304 g/mol. The van der Waals surface area contributed by atoms with Crippen molar-refractivity contribution in [3.05, 3.63) is 59.5 Å². The Morgan fingerprint density at radius 3 is 2.42 bits per heavy atom. The van der Waals surface area contributed by atoms with Gasteiger partial charge in [-0.15, -0.1) is 0 Å². The molecule has 1 N–H and O–H groups in total. The molecule has 0 spiro atoms. The van der Waals surface area contributed by atoms with Crippen molar-refractivity contribution in [2.24, 2.45) is 0 Å². The minimum absolute atomic E-state index is 0.121. The quantitative estimate of drug-likeness (QED) is 0.917. The lowest BCUT2D eigenvalue weighted by Crippen LogP contribution is -2.44. The number of nitrogens with zero attached hydrogens (tertiary/aromatic N) is 1. The minimum Gasteiger partial charge on any atom is -0.472 e. The minimum atomic E-state index is -0.121. The molecule has 2 unspecified atom stereocenters. The molecule has 1 aliphatic rings. The topological polar surface area (TPSA) is 54.7 Å². The third kappa shape index (κ3) is 4.46. The van der Waals surface area contributed by atoms with Gasteiger partial charge < -0.3 is 14.5 Å². The van der Waals surface area contributed by atoms with Crippen LogP contribution in [0.3, 0.4) is 0 Å². The molecule has 2 atom stereocenters. The number of carbonyl (C=O) groups excluding carboxylic acids is 1. The molecule has 24 heavy (non-hydrogen) atoms. The summed E-state index contributed by atoms with van der Waals surface area (Å²) in [5.41, 5.74) is 2.91. The molecule has 5 heteroatoms. The van der Waals surface area contributed by atoms with Gasteiger partial charge in [-0.05, 0) is 31.0 Å². The number of carbonyl (C=O) groups is 1. The van der Waals surface area contributed by atoms with E-state index in [2.05, 4.69) is 48.3 Å². The van der Waals surface area contributed by atoms with E-state index in [1.807, 2.05) is 0 Å². The molecule has 0 saturated carbocycles. The summed E-state index contributed by atoms with van der Waals surface area (Å²) in [7, 11) is 0. The Bertz CT molecular complexity index is 642. The van der Waals surface area contributed by atoms with Gasteiger partial charge in [-0.1, -0.05) is 24.3 Å². The van der Waals surface area contributed by atoms with Gasteiger partial charge in [0, 0.05) is 26.2 Å². The van der Waals surface area contributed by atoms with Crippen LogP contribution in [0, 0.1) is 0 Å². The van der Waals surface area contributed by atoms with Crippen LogP contribution in [0.1, 0.15) is 35.3 Å². The molecule has 1 amide bonds. The number of ether oxygens (including phenoxy) is 1. The highest BCUT2D eigenvalue weighted by Crippen LogP contribution is 2.15. The maximum Gasteiger partial charge on any atom is 0.254 e. The molecule has 128 valence electrons. The SMILES string of the molecule is CC1CN(Cc2ccc(CNC(=O)c3ccoc3)cc2)CC(C)O1. The summed E-state index contributed by atoms with van der Waals surface area (Å²) in [5.74, 6) is -0.121. The summed E-state index contributed by atoms with van der Waals surface area (Å²) in [5, 5.41) is 2.89. The highest BCUT2D eigenvalue weighted by atomic mass is 16.5. The number of furan rings is 1. The number of amides is 1. The maximum absolute atomic E-state index is 11.9. The first kappa shape index (κ1) is 16.7. The van der Waals surface area contributed by atoms with Crippen LogP contribution in [-0.4, -0.2) is 36.1 Å². The van der Waals surface area contributed by atoms with E-state index in [1.54, 1.807) is 6.07 Å². The van der Waals surface area contributed by atoms with Gasteiger partial charge in [0.05, 0.1) is 24.0 Å². The van der Waals surface area contributed by atoms with Crippen LogP contribution in [0.5, 0.6) is 0 Å². The zero-order valence-corrected chi connectivity index (χ0v) is 14.2. The van der Waals surface area contributed by atoms with Gasteiger partial charge in [0.2, 0.25) is 0 Å². The molecule has 5 nitrogen and oxygen atoms in total. The molecule has 0 aliphatic carbocycles. The first-order valence-electron chi connectivity index (χ1n) is 8.36. The Kier molecular flexibility index (Phi) is 5.33. The fourth-order valence-electron chi connectivity index (χ4n) is 3.11. The molecule has 2 aromatic rings. The molecule has 1 aliphatic heterocycles. The van der Waals surface area contributed by atoms with E-state index >= 15 is 0 Å². The van der Waals surface area contributed by atoms with Gasteiger partial charge in [-0.2, -0.15) is 0 Å². The standard InChI is InChI=1S/C19H24N2O3/c1-14-10-21(11-15(2)24-14)12-17-5-3-16(4-6-17)9-20-19(22)18-7-8-23-13-18/h3-8,13-15H,9-12H2,1-2H3,(H,20,22). The number of rotatable bonds is 5. The van der Waals surface area contributed by atoms with Crippen LogP contribution in [0.4, 0.5) is 0 Å². The van der Waals surface area contributed by atoms with Gasteiger partial charge in [0.25, 0.3) is 5.91 Å². The van der Waals surface area contributed by atoms with Gasteiger partial charge in [0.15, 0.2) is 0 Å². The fraction of sp³-hybridized carbons (Fsp3) is 0.421. The van der Waals surface area contributed by atoms with Gasteiger partial charge in [-0.3, -0.25) is 9.69 Å². The largest absolute Gasteiger partial charge is 0.472 e. The van der Waals surface area contributed by atoms with Gasteiger partial charge >= 0.3 is 0 Å². The predicted molar refractivity (Wildman–Crippen MR) is 91.6 cm³/mol. The smallest absolute Gasteiger partial charge is 0.254 e. The van der Waals surface area contributed by atoms with Crippen molar-refractivity contribution in [2.75, 3.05) is 13.1 Å². The van der Waals surface area contributed by atoms with E-state index in [-0.39, 0.29) is 18.1 Å². The van der Waals surface area contributed by atoms with Crippen LogP contribution >= 0.6 is 0 Å². The summed E-state index contributed by atoms with van der Waals surface area (Å²) < 4.78 is 10.7. The first-order chi connectivity index (χ1) is 11.6. The lowest BCUT2D eigenvalue weighted by atomic mass is 10.1. The van der Waals surface area contributed by atoms with E-state index in [4.69, 9.17) is 9.15 Å². The highest BCUT2D eigenvalue weighted by Gasteiger charge is 2.21.